The van der Waals surface area contributed by atoms with E-state index in [1.165, 1.54) is 12.1 Å². The number of halogens is 1. The van der Waals surface area contributed by atoms with Crippen LogP contribution in [0, 0.1) is 11.7 Å². The first-order valence-corrected chi connectivity index (χ1v) is 7.52. The number of rotatable bonds is 1. The predicted molar refractivity (Wildman–Crippen MR) is 79.7 cm³/mol. The molecular weight excluding hydrogens is 269 g/mol. The SMILES string of the molecule is CC1CCN(C2=NCCN2C(=O)c2cccc(F)c2)CC1. The number of hydrogen-bond acceptors (Lipinski definition) is 3. The number of hydrogen-bond donors (Lipinski definition) is 0. The number of guanidine groups is 1. The number of likely N-dealkylation sites (tertiary alicyclic amines) is 1. The van der Waals surface area contributed by atoms with Crippen molar-refractivity contribution < 1.29 is 9.18 Å². The van der Waals surface area contributed by atoms with Gasteiger partial charge in [-0.1, -0.05) is 13.0 Å². The van der Waals surface area contributed by atoms with Gasteiger partial charge >= 0.3 is 0 Å². The molecular formula is C16H20FN3O. The molecule has 5 heteroatoms. The van der Waals surface area contributed by atoms with Crippen molar-refractivity contribution >= 4 is 11.9 Å². The van der Waals surface area contributed by atoms with E-state index in [1.54, 1.807) is 17.0 Å². The topological polar surface area (TPSA) is 35.9 Å². The lowest BCUT2D eigenvalue weighted by Gasteiger charge is -2.34. The van der Waals surface area contributed by atoms with E-state index in [0.717, 1.165) is 37.8 Å². The van der Waals surface area contributed by atoms with Crippen LogP contribution in [0.25, 0.3) is 0 Å². The Kier molecular flexibility index (Phi) is 3.90. The summed E-state index contributed by atoms with van der Waals surface area (Å²) >= 11 is 0. The van der Waals surface area contributed by atoms with Crippen LogP contribution in [0.3, 0.4) is 0 Å². The third-order valence-electron chi connectivity index (χ3n) is 4.20. The number of amides is 1. The molecule has 2 aliphatic heterocycles. The van der Waals surface area contributed by atoms with Gasteiger partial charge in [0.25, 0.3) is 5.91 Å². The molecule has 2 aliphatic rings. The fraction of sp³-hybridized carbons (Fsp3) is 0.500. The van der Waals surface area contributed by atoms with Gasteiger partial charge in [0.2, 0.25) is 5.96 Å². The summed E-state index contributed by atoms with van der Waals surface area (Å²) in [6, 6.07) is 5.86. The van der Waals surface area contributed by atoms with E-state index in [1.807, 2.05) is 0 Å². The Morgan fingerprint density at radius 2 is 2.05 bits per heavy atom. The van der Waals surface area contributed by atoms with E-state index in [9.17, 15) is 9.18 Å². The summed E-state index contributed by atoms with van der Waals surface area (Å²) in [5.74, 6) is 0.946. The van der Waals surface area contributed by atoms with Gasteiger partial charge in [0.05, 0.1) is 6.54 Å². The van der Waals surface area contributed by atoms with Crippen LogP contribution in [0.15, 0.2) is 29.3 Å². The first kappa shape index (κ1) is 14.0. The second kappa shape index (κ2) is 5.84. The van der Waals surface area contributed by atoms with Gasteiger partial charge in [-0.15, -0.1) is 0 Å². The fourth-order valence-corrected chi connectivity index (χ4v) is 2.88. The molecule has 0 saturated carbocycles. The minimum Gasteiger partial charge on any atom is -0.342 e. The zero-order valence-electron chi connectivity index (χ0n) is 12.3. The summed E-state index contributed by atoms with van der Waals surface area (Å²) in [6.07, 6.45) is 2.25. The quantitative estimate of drug-likeness (QED) is 0.795. The van der Waals surface area contributed by atoms with Crippen molar-refractivity contribution in [1.29, 1.82) is 0 Å². The van der Waals surface area contributed by atoms with E-state index < -0.39 is 0 Å². The van der Waals surface area contributed by atoms with Crippen molar-refractivity contribution in [3.05, 3.63) is 35.6 Å². The molecule has 0 aromatic heterocycles. The molecule has 1 saturated heterocycles. The normalized spacial score (nSPS) is 19.8. The number of carbonyl (C=O) groups is 1. The number of benzene rings is 1. The molecule has 0 bridgehead atoms. The molecule has 0 N–H and O–H groups in total. The molecule has 0 aliphatic carbocycles. The Morgan fingerprint density at radius 3 is 2.76 bits per heavy atom. The summed E-state index contributed by atoms with van der Waals surface area (Å²) in [5, 5.41) is 0. The Labute approximate surface area is 124 Å². The second-order valence-corrected chi connectivity index (χ2v) is 5.82. The van der Waals surface area contributed by atoms with Gasteiger partial charge in [-0.2, -0.15) is 0 Å². The number of nitrogens with zero attached hydrogens (tertiary/aromatic N) is 3. The molecule has 1 aromatic carbocycles. The lowest BCUT2D eigenvalue weighted by molar-refractivity contribution is 0.0839. The minimum atomic E-state index is -0.384. The Morgan fingerprint density at radius 1 is 1.29 bits per heavy atom. The molecule has 2 heterocycles. The average Bonchev–Trinajstić information content (AvgIpc) is 2.96. The van der Waals surface area contributed by atoms with E-state index in [0.29, 0.717) is 18.7 Å². The van der Waals surface area contributed by atoms with Crippen molar-refractivity contribution in [2.24, 2.45) is 10.9 Å². The Balaban J connectivity index is 1.76. The molecule has 4 nitrogen and oxygen atoms in total. The summed E-state index contributed by atoms with van der Waals surface area (Å²) in [4.78, 5) is 20.9. The summed E-state index contributed by atoms with van der Waals surface area (Å²) in [6.45, 7) is 5.34. The molecule has 0 radical (unpaired) electrons. The van der Waals surface area contributed by atoms with E-state index in [2.05, 4.69) is 16.8 Å². The molecule has 1 amide bonds. The standard InChI is InChI=1S/C16H20FN3O/c1-12-5-8-19(9-6-12)16-18-7-10-20(16)15(21)13-3-2-4-14(17)11-13/h2-4,11-12H,5-10H2,1H3. The maximum atomic E-state index is 13.3. The van der Waals surface area contributed by atoms with Crippen LogP contribution in [0.2, 0.25) is 0 Å². The van der Waals surface area contributed by atoms with Gasteiger partial charge in [-0.3, -0.25) is 14.7 Å². The number of carbonyl (C=O) groups excluding carboxylic acids is 1. The van der Waals surface area contributed by atoms with Gasteiger partial charge in [0, 0.05) is 25.2 Å². The van der Waals surface area contributed by atoms with Gasteiger partial charge in [0.15, 0.2) is 0 Å². The zero-order valence-corrected chi connectivity index (χ0v) is 12.3. The highest BCUT2D eigenvalue weighted by Crippen LogP contribution is 2.20. The van der Waals surface area contributed by atoms with Crippen LogP contribution in [0.5, 0.6) is 0 Å². The summed E-state index contributed by atoms with van der Waals surface area (Å²) < 4.78 is 13.3. The zero-order chi connectivity index (χ0) is 14.8. The Hall–Kier alpha value is -1.91. The van der Waals surface area contributed by atoms with Crippen LogP contribution in [0.1, 0.15) is 30.1 Å². The lowest BCUT2D eigenvalue weighted by atomic mass is 9.99. The highest BCUT2D eigenvalue weighted by atomic mass is 19.1. The van der Waals surface area contributed by atoms with Crippen LogP contribution in [-0.4, -0.2) is 47.8 Å². The van der Waals surface area contributed by atoms with Crippen molar-refractivity contribution in [1.82, 2.24) is 9.80 Å². The fourth-order valence-electron chi connectivity index (χ4n) is 2.88. The minimum absolute atomic E-state index is 0.163. The molecule has 1 aromatic rings. The van der Waals surface area contributed by atoms with Gasteiger partial charge in [0.1, 0.15) is 5.82 Å². The van der Waals surface area contributed by atoms with Crippen molar-refractivity contribution in [2.45, 2.75) is 19.8 Å². The van der Waals surface area contributed by atoms with Gasteiger partial charge in [-0.05, 0) is 37.0 Å². The number of piperidine rings is 1. The first-order chi connectivity index (χ1) is 10.1. The maximum Gasteiger partial charge on any atom is 0.260 e. The number of aliphatic imine (C=N–C) groups is 1. The molecule has 21 heavy (non-hydrogen) atoms. The van der Waals surface area contributed by atoms with E-state index in [4.69, 9.17) is 0 Å². The summed E-state index contributed by atoms with van der Waals surface area (Å²) in [5.41, 5.74) is 0.384. The van der Waals surface area contributed by atoms with Crippen LogP contribution < -0.4 is 0 Å². The van der Waals surface area contributed by atoms with Crippen LogP contribution in [0.4, 0.5) is 4.39 Å². The highest BCUT2D eigenvalue weighted by Gasteiger charge is 2.30. The molecule has 112 valence electrons. The second-order valence-electron chi connectivity index (χ2n) is 5.82. The van der Waals surface area contributed by atoms with Crippen molar-refractivity contribution in [3.8, 4) is 0 Å². The third kappa shape index (κ3) is 2.91. The lowest BCUT2D eigenvalue weighted by Crippen LogP contribution is -2.47. The van der Waals surface area contributed by atoms with E-state index in [-0.39, 0.29) is 11.7 Å². The van der Waals surface area contributed by atoms with E-state index >= 15 is 0 Å². The third-order valence-corrected chi connectivity index (χ3v) is 4.20. The van der Waals surface area contributed by atoms with Crippen molar-refractivity contribution in [3.63, 3.8) is 0 Å². The smallest absolute Gasteiger partial charge is 0.260 e. The largest absolute Gasteiger partial charge is 0.342 e. The first-order valence-electron chi connectivity index (χ1n) is 7.52. The van der Waals surface area contributed by atoms with Crippen molar-refractivity contribution in [2.75, 3.05) is 26.2 Å². The molecule has 0 unspecified atom stereocenters. The molecule has 3 rings (SSSR count). The van der Waals surface area contributed by atoms with Crippen LogP contribution in [-0.2, 0) is 0 Å². The maximum absolute atomic E-state index is 13.3. The highest BCUT2D eigenvalue weighted by molar-refractivity contribution is 6.06. The van der Waals surface area contributed by atoms with Gasteiger partial charge < -0.3 is 4.90 Å². The average molecular weight is 289 g/mol. The molecule has 0 spiro atoms. The van der Waals surface area contributed by atoms with Crippen LogP contribution >= 0.6 is 0 Å². The molecule has 1 fully saturated rings. The Bertz CT molecular complexity index is 564. The predicted octanol–water partition coefficient (Wildman–Crippen LogP) is 2.37. The monoisotopic (exact) mass is 289 g/mol. The summed E-state index contributed by atoms with van der Waals surface area (Å²) in [7, 11) is 0. The van der Waals surface area contributed by atoms with Gasteiger partial charge in [-0.25, -0.2) is 4.39 Å². The molecule has 0 atom stereocenters.